The van der Waals surface area contributed by atoms with Crippen molar-refractivity contribution in [2.24, 2.45) is 0 Å². The summed E-state index contributed by atoms with van der Waals surface area (Å²) in [5.74, 6) is -0.336. The van der Waals surface area contributed by atoms with Gasteiger partial charge in [-0.3, -0.25) is 9.69 Å². The van der Waals surface area contributed by atoms with Gasteiger partial charge in [-0.1, -0.05) is 36.4 Å². The molecule has 0 radical (unpaired) electrons. The molecule has 1 amide bonds. The number of aromatic hydroxyl groups is 2. The van der Waals surface area contributed by atoms with Crippen LogP contribution in [0.1, 0.15) is 18.1 Å². The molecule has 3 N–H and O–H groups in total. The number of amides is 1. The van der Waals surface area contributed by atoms with E-state index in [1.807, 2.05) is 25.1 Å². The second-order valence-corrected chi connectivity index (χ2v) is 6.44. The number of piperazine rings is 1. The van der Waals surface area contributed by atoms with Gasteiger partial charge in [-0.2, -0.15) is 0 Å². The molecule has 0 bridgehead atoms. The third kappa shape index (κ3) is 3.21. The molecule has 1 unspecified atom stereocenters. The molecular formula is C19H22N2O3. The molecule has 0 saturated carbocycles. The number of benzene rings is 2. The average molecular weight is 326 g/mol. The third-order valence-electron chi connectivity index (χ3n) is 4.66. The van der Waals surface area contributed by atoms with E-state index in [4.69, 9.17) is 0 Å². The maximum absolute atomic E-state index is 12.6. The molecule has 2 aromatic rings. The Kier molecular flexibility index (Phi) is 4.44. The lowest BCUT2D eigenvalue weighted by Crippen LogP contribution is -2.63. The van der Waals surface area contributed by atoms with Crippen LogP contribution in [0.4, 0.5) is 0 Å². The summed E-state index contributed by atoms with van der Waals surface area (Å²) in [6, 6.07) is 14.8. The second kappa shape index (κ2) is 6.53. The van der Waals surface area contributed by atoms with Gasteiger partial charge in [0.15, 0.2) is 11.5 Å². The topological polar surface area (TPSA) is 72.8 Å². The Bertz CT molecular complexity index is 733. The molecule has 1 atom stereocenters. The summed E-state index contributed by atoms with van der Waals surface area (Å²) in [6.07, 6.45) is 0.458. The van der Waals surface area contributed by atoms with Gasteiger partial charge in [-0.05, 0) is 36.6 Å². The van der Waals surface area contributed by atoms with E-state index < -0.39 is 5.54 Å². The van der Waals surface area contributed by atoms with Gasteiger partial charge in [-0.25, -0.2) is 0 Å². The third-order valence-corrected chi connectivity index (χ3v) is 4.66. The van der Waals surface area contributed by atoms with Crippen LogP contribution in [-0.4, -0.2) is 39.6 Å². The van der Waals surface area contributed by atoms with Gasteiger partial charge in [0.05, 0.1) is 0 Å². The van der Waals surface area contributed by atoms with Crippen molar-refractivity contribution in [3.8, 4) is 11.5 Å². The van der Waals surface area contributed by atoms with Crippen molar-refractivity contribution in [1.29, 1.82) is 0 Å². The van der Waals surface area contributed by atoms with Crippen LogP contribution in [0.5, 0.6) is 11.5 Å². The molecule has 24 heavy (non-hydrogen) atoms. The molecule has 1 heterocycles. The molecule has 0 spiro atoms. The van der Waals surface area contributed by atoms with Gasteiger partial charge >= 0.3 is 0 Å². The maximum Gasteiger partial charge on any atom is 0.240 e. The Morgan fingerprint density at radius 2 is 1.83 bits per heavy atom. The first-order valence-corrected chi connectivity index (χ1v) is 8.07. The normalized spacial score (nSPS) is 21.5. The number of phenolic OH excluding ortho intramolecular Hbond substituents is 2. The van der Waals surface area contributed by atoms with Gasteiger partial charge in [0.1, 0.15) is 5.54 Å². The first kappa shape index (κ1) is 16.3. The lowest BCUT2D eigenvalue weighted by atomic mass is 9.87. The predicted octanol–water partition coefficient (Wildman–Crippen LogP) is 2.03. The van der Waals surface area contributed by atoms with Crippen molar-refractivity contribution in [3.63, 3.8) is 0 Å². The van der Waals surface area contributed by atoms with Gasteiger partial charge < -0.3 is 15.5 Å². The number of rotatable bonds is 4. The monoisotopic (exact) mass is 326 g/mol. The van der Waals surface area contributed by atoms with E-state index in [2.05, 4.69) is 22.3 Å². The highest BCUT2D eigenvalue weighted by Gasteiger charge is 2.42. The summed E-state index contributed by atoms with van der Waals surface area (Å²) in [5, 5.41) is 22.1. The zero-order valence-electron chi connectivity index (χ0n) is 13.7. The molecule has 3 rings (SSSR count). The van der Waals surface area contributed by atoms with E-state index in [1.165, 1.54) is 12.1 Å². The van der Waals surface area contributed by atoms with Crippen molar-refractivity contribution in [1.82, 2.24) is 10.2 Å². The van der Waals surface area contributed by atoms with Crippen LogP contribution >= 0.6 is 0 Å². The molecule has 0 aromatic heterocycles. The van der Waals surface area contributed by atoms with E-state index in [-0.39, 0.29) is 17.4 Å². The minimum absolute atomic E-state index is 0.0164. The Morgan fingerprint density at radius 1 is 1.08 bits per heavy atom. The Hall–Kier alpha value is -2.53. The van der Waals surface area contributed by atoms with E-state index in [0.29, 0.717) is 19.5 Å². The highest BCUT2D eigenvalue weighted by atomic mass is 16.3. The summed E-state index contributed by atoms with van der Waals surface area (Å²) >= 11 is 0. The van der Waals surface area contributed by atoms with Crippen LogP contribution in [-0.2, 0) is 17.8 Å². The molecular weight excluding hydrogens is 304 g/mol. The van der Waals surface area contributed by atoms with Crippen LogP contribution in [0.3, 0.4) is 0 Å². The number of phenols is 2. The summed E-state index contributed by atoms with van der Waals surface area (Å²) in [6.45, 7) is 4.01. The standard InChI is InChI=1S/C19H22N2O3/c1-19(12-15-7-8-16(22)17(23)11-15)18(24)20-9-10-21(19)13-14-5-3-2-4-6-14/h2-8,11,22-23H,9-10,12-13H2,1H3,(H,20,24). The number of nitrogens with one attached hydrogen (secondary N) is 1. The average Bonchev–Trinajstić information content (AvgIpc) is 2.57. The van der Waals surface area contributed by atoms with Crippen LogP contribution in [0, 0.1) is 0 Å². The van der Waals surface area contributed by atoms with E-state index in [9.17, 15) is 15.0 Å². The predicted molar refractivity (Wildman–Crippen MR) is 91.7 cm³/mol. The highest BCUT2D eigenvalue weighted by Crippen LogP contribution is 2.30. The molecule has 5 nitrogen and oxygen atoms in total. The fourth-order valence-corrected chi connectivity index (χ4v) is 3.21. The van der Waals surface area contributed by atoms with Gasteiger partial charge in [0.2, 0.25) is 5.91 Å². The van der Waals surface area contributed by atoms with Crippen LogP contribution in [0.25, 0.3) is 0 Å². The lowest BCUT2D eigenvalue weighted by molar-refractivity contribution is -0.136. The van der Waals surface area contributed by atoms with E-state index >= 15 is 0 Å². The fraction of sp³-hybridized carbons (Fsp3) is 0.316. The zero-order chi connectivity index (χ0) is 17.2. The van der Waals surface area contributed by atoms with Crippen molar-refractivity contribution >= 4 is 5.91 Å². The molecule has 2 aromatic carbocycles. The Balaban J connectivity index is 1.86. The zero-order valence-corrected chi connectivity index (χ0v) is 13.7. The second-order valence-electron chi connectivity index (χ2n) is 6.44. The van der Waals surface area contributed by atoms with Crippen LogP contribution < -0.4 is 5.32 Å². The molecule has 1 fully saturated rings. The van der Waals surface area contributed by atoms with Crippen molar-refractivity contribution in [2.75, 3.05) is 13.1 Å². The summed E-state index contributed by atoms with van der Waals surface area (Å²) in [7, 11) is 0. The molecule has 1 aliphatic rings. The molecule has 126 valence electrons. The number of carbonyl (C=O) groups excluding carboxylic acids is 1. The van der Waals surface area contributed by atoms with Crippen LogP contribution in [0.15, 0.2) is 48.5 Å². The van der Waals surface area contributed by atoms with Crippen molar-refractivity contribution < 1.29 is 15.0 Å². The van der Waals surface area contributed by atoms with Gasteiger partial charge in [0, 0.05) is 19.6 Å². The van der Waals surface area contributed by atoms with Crippen LogP contribution in [0.2, 0.25) is 0 Å². The lowest BCUT2D eigenvalue weighted by Gasteiger charge is -2.44. The minimum Gasteiger partial charge on any atom is -0.504 e. The summed E-state index contributed by atoms with van der Waals surface area (Å²) in [4.78, 5) is 14.8. The van der Waals surface area contributed by atoms with Gasteiger partial charge in [-0.15, -0.1) is 0 Å². The quantitative estimate of drug-likeness (QED) is 0.752. The minimum atomic E-state index is -0.711. The maximum atomic E-state index is 12.6. The number of hydrogen-bond acceptors (Lipinski definition) is 4. The molecule has 1 saturated heterocycles. The number of nitrogens with zero attached hydrogens (tertiary/aromatic N) is 1. The highest BCUT2D eigenvalue weighted by molar-refractivity contribution is 5.87. The Labute approximate surface area is 141 Å². The van der Waals surface area contributed by atoms with Crippen molar-refractivity contribution in [3.05, 3.63) is 59.7 Å². The van der Waals surface area contributed by atoms with E-state index in [0.717, 1.165) is 17.7 Å². The fourth-order valence-electron chi connectivity index (χ4n) is 3.21. The Morgan fingerprint density at radius 3 is 2.54 bits per heavy atom. The summed E-state index contributed by atoms with van der Waals surface area (Å²) in [5.41, 5.74) is 1.26. The first-order chi connectivity index (χ1) is 11.5. The van der Waals surface area contributed by atoms with Crippen molar-refractivity contribution in [2.45, 2.75) is 25.4 Å². The number of carbonyl (C=O) groups is 1. The molecule has 1 aliphatic heterocycles. The SMILES string of the molecule is CC1(Cc2ccc(O)c(O)c2)C(=O)NCCN1Cc1ccccc1. The molecule has 5 heteroatoms. The largest absolute Gasteiger partial charge is 0.504 e. The molecule has 0 aliphatic carbocycles. The van der Waals surface area contributed by atoms with E-state index in [1.54, 1.807) is 6.07 Å². The smallest absolute Gasteiger partial charge is 0.240 e. The number of hydrogen-bond donors (Lipinski definition) is 3. The summed E-state index contributed by atoms with van der Waals surface area (Å²) < 4.78 is 0. The van der Waals surface area contributed by atoms with Gasteiger partial charge in [0.25, 0.3) is 0 Å². The first-order valence-electron chi connectivity index (χ1n) is 8.07.